The Labute approximate surface area is 160 Å². The van der Waals surface area contributed by atoms with Gasteiger partial charge in [-0.15, -0.1) is 0 Å². The molecule has 0 bridgehead atoms. The molecular weight excluding hydrogens is 366 g/mol. The summed E-state index contributed by atoms with van der Waals surface area (Å²) in [5.74, 6) is 0.101. The Hall–Kier alpha value is -2.60. The van der Waals surface area contributed by atoms with Crippen LogP contribution in [0.4, 0.5) is 0 Å². The maximum atomic E-state index is 13.2. The largest absolute Gasteiger partial charge is 0.451 e. The van der Waals surface area contributed by atoms with Gasteiger partial charge in [-0.3, -0.25) is 9.59 Å². The second-order valence-electron chi connectivity index (χ2n) is 7.24. The van der Waals surface area contributed by atoms with E-state index < -0.39 is 0 Å². The molecule has 1 saturated heterocycles. The van der Waals surface area contributed by atoms with Gasteiger partial charge in [0.15, 0.2) is 11.2 Å². The van der Waals surface area contributed by atoms with Crippen molar-refractivity contribution in [3.63, 3.8) is 0 Å². The van der Waals surface area contributed by atoms with Crippen LogP contribution in [0.2, 0.25) is 5.02 Å². The zero-order valence-electron chi connectivity index (χ0n) is 14.6. The van der Waals surface area contributed by atoms with Gasteiger partial charge in [0.05, 0.1) is 17.4 Å². The van der Waals surface area contributed by atoms with E-state index >= 15 is 0 Å². The van der Waals surface area contributed by atoms with Crippen LogP contribution in [0.1, 0.15) is 47.1 Å². The topological polar surface area (TPSA) is 79.2 Å². The van der Waals surface area contributed by atoms with E-state index in [1.807, 2.05) is 4.90 Å². The lowest BCUT2D eigenvalue weighted by Crippen LogP contribution is -2.49. The molecule has 1 N–H and O–H groups in total. The minimum absolute atomic E-state index is 0.0864. The second-order valence-corrected chi connectivity index (χ2v) is 7.67. The molecule has 1 amide bonds. The highest BCUT2D eigenvalue weighted by Gasteiger charge is 2.40. The van der Waals surface area contributed by atoms with Crippen molar-refractivity contribution in [2.45, 2.75) is 37.6 Å². The average molecular weight is 384 g/mol. The molecule has 0 spiro atoms. The van der Waals surface area contributed by atoms with Gasteiger partial charge in [-0.05, 0) is 43.9 Å². The van der Waals surface area contributed by atoms with E-state index in [1.165, 1.54) is 11.8 Å². The number of rotatable bonds is 1. The summed E-state index contributed by atoms with van der Waals surface area (Å²) >= 11 is 5.96. The van der Waals surface area contributed by atoms with Crippen molar-refractivity contribution in [3.05, 3.63) is 63.0 Å². The Morgan fingerprint density at radius 3 is 3.07 bits per heavy atom. The maximum Gasteiger partial charge on any atom is 0.289 e. The predicted octanol–water partition coefficient (Wildman–Crippen LogP) is 3.50. The van der Waals surface area contributed by atoms with Crippen LogP contribution < -0.4 is 5.43 Å². The first-order chi connectivity index (χ1) is 13.1. The van der Waals surface area contributed by atoms with E-state index in [1.54, 1.807) is 24.5 Å². The Morgan fingerprint density at radius 2 is 2.19 bits per heavy atom. The van der Waals surface area contributed by atoms with Crippen molar-refractivity contribution in [2.24, 2.45) is 0 Å². The molecule has 6 nitrogen and oxygen atoms in total. The van der Waals surface area contributed by atoms with Gasteiger partial charge in [0, 0.05) is 35.3 Å². The number of nitrogens with one attached hydrogen (secondary N) is 1. The van der Waals surface area contributed by atoms with Crippen LogP contribution >= 0.6 is 11.6 Å². The number of hydrogen-bond acceptors (Lipinski definition) is 4. The molecule has 2 aromatic heterocycles. The highest BCUT2D eigenvalue weighted by Crippen LogP contribution is 2.39. The summed E-state index contributed by atoms with van der Waals surface area (Å²) in [7, 11) is 0. The van der Waals surface area contributed by atoms with Crippen LogP contribution in [0, 0.1) is 0 Å². The molecule has 1 aliphatic heterocycles. The van der Waals surface area contributed by atoms with Gasteiger partial charge in [-0.2, -0.15) is 0 Å². The third-order valence-electron chi connectivity index (χ3n) is 5.73. The molecule has 1 fully saturated rings. The molecule has 7 heteroatoms. The fourth-order valence-electron chi connectivity index (χ4n) is 4.50. The number of aromatic nitrogens is 2. The van der Waals surface area contributed by atoms with E-state index in [0.29, 0.717) is 22.5 Å². The van der Waals surface area contributed by atoms with Gasteiger partial charge in [0.2, 0.25) is 0 Å². The van der Waals surface area contributed by atoms with Crippen molar-refractivity contribution in [3.8, 4) is 0 Å². The van der Waals surface area contributed by atoms with Crippen LogP contribution in [0.5, 0.6) is 0 Å². The first kappa shape index (κ1) is 16.6. The normalized spacial score (nSPS) is 21.7. The fraction of sp³-hybridized carbons (Fsp3) is 0.350. The minimum atomic E-state index is -0.256. The molecule has 3 heterocycles. The Balaban J connectivity index is 1.51. The number of hydrogen-bond donors (Lipinski definition) is 1. The van der Waals surface area contributed by atoms with Gasteiger partial charge in [0.25, 0.3) is 5.91 Å². The Morgan fingerprint density at radius 1 is 1.30 bits per heavy atom. The molecule has 0 saturated carbocycles. The zero-order chi connectivity index (χ0) is 18.5. The minimum Gasteiger partial charge on any atom is -0.451 e. The van der Waals surface area contributed by atoms with Crippen molar-refractivity contribution < 1.29 is 9.21 Å². The number of amides is 1. The number of carbonyl (C=O) groups is 1. The summed E-state index contributed by atoms with van der Waals surface area (Å²) < 4.78 is 5.78. The van der Waals surface area contributed by atoms with E-state index in [-0.39, 0.29) is 29.1 Å². The average Bonchev–Trinajstić information content (AvgIpc) is 3.16. The highest BCUT2D eigenvalue weighted by molar-refractivity contribution is 6.31. The smallest absolute Gasteiger partial charge is 0.289 e. The number of halogens is 1. The van der Waals surface area contributed by atoms with Gasteiger partial charge < -0.3 is 14.3 Å². The number of piperidine rings is 1. The van der Waals surface area contributed by atoms with Crippen LogP contribution in [0.25, 0.3) is 11.0 Å². The Kier molecular flexibility index (Phi) is 3.82. The summed E-state index contributed by atoms with van der Waals surface area (Å²) in [5, 5.41) is 0.846. The summed E-state index contributed by atoms with van der Waals surface area (Å²) in [6, 6.07) is 6.22. The molecule has 1 aliphatic carbocycles. The monoisotopic (exact) mass is 383 g/mol. The Bertz CT molecular complexity index is 1100. The van der Waals surface area contributed by atoms with Crippen LogP contribution in [-0.2, 0) is 6.42 Å². The molecule has 5 rings (SSSR count). The summed E-state index contributed by atoms with van der Waals surface area (Å²) in [5.41, 5.74) is 2.38. The molecule has 0 radical (unpaired) electrons. The van der Waals surface area contributed by atoms with Crippen LogP contribution in [0.15, 0.2) is 39.8 Å². The van der Waals surface area contributed by atoms with Gasteiger partial charge >= 0.3 is 0 Å². The number of benzene rings is 1. The van der Waals surface area contributed by atoms with Gasteiger partial charge in [0.1, 0.15) is 5.58 Å². The number of imidazole rings is 1. The molecular formula is C20H18ClN3O3. The van der Waals surface area contributed by atoms with Crippen molar-refractivity contribution in [2.75, 3.05) is 6.54 Å². The fourth-order valence-corrected chi connectivity index (χ4v) is 4.68. The zero-order valence-corrected chi connectivity index (χ0v) is 15.3. The van der Waals surface area contributed by atoms with E-state index in [2.05, 4.69) is 9.97 Å². The number of carbonyl (C=O) groups excluding carboxylic acids is 1. The molecule has 2 unspecified atom stereocenters. The van der Waals surface area contributed by atoms with E-state index in [0.717, 1.165) is 31.4 Å². The standard InChI is InChI=1S/C20H18ClN3O3/c21-11-3-6-17-13(8-11)16(25)9-18(27-17)20(26)24-7-1-2-12-15(24)5-4-14-19(12)23-10-22-14/h3,6,8-10,12,15H,1-2,4-5,7H2,(H,22,23). The van der Waals surface area contributed by atoms with E-state index in [9.17, 15) is 9.59 Å². The van der Waals surface area contributed by atoms with Crippen LogP contribution in [-0.4, -0.2) is 33.4 Å². The molecule has 2 atom stereocenters. The number of fused-ring (bicyclic) bond motifs is 4. The first-order valence-corrected chi connectivity index (χ1v) is 9.56. The SMILES string of the molecule is O=C(c1cc(=O)c2cc(Cl)ccc2o1)N1CCCC2c3nc[nH]c3CCC21. The quantitative estimate of drug-likeness (QED) is 0.697. The molecule has 138 valence electrons. The van der Waals surface area contributed by atoms with Crippen molar-refractivity contribution in [1.82, 2.24) is 14.9 Å². The highest BCUT2D eigenvalue weighted by atomic mass is 35.5. The third-order valence-corrected chi connectivity index (χ3v) is 5.97. The van der Waals surface area contributed by atoms with E-state index in [4.69, 9.17) is 16.0 Å². The molecule has 3 aromatic rings. The number of aryl methyl sites for hydroxylation is 1. The maximum absolute atomic E-state index is 13.2. The number of nitrogens with zero attached hydrogens (tertiary/aromatic N) is 2. The number of likely N-dealkylation sites (tertiary alicyclic amines) is 1. The third kappa shape index (κ3) is 2.67. The van der Waals surface area contributed by atoms with Gasteiger partial charge in [-0.1, -0.05) is 11.6 Å². The molecule has 2 aliphatic rings. The summed E-state index contributed by atoms with van der Waals surface area (Å²) in [6.45, 7) is 0.669. The summed E-state index contributed by atoms with van der Waals surface area (Å²) in [6.07, 6.45) is 5.43. The van der Waals surface area contributed by atoms with Crippen molar-refractivity contribution in [1.29, 1.82) is 0 Å². The summed E-state index contributed by atoms with van der Waals surface area (Å²) in [4.78, 5) is 35.2. The van der Waals surface area contributed by atoms with Crippen LogP contribution in [0.3, 0.4) is 0 Å². The first-order valence-electron chi connectivity index (χ1n) is 9.18. The number of aromatic amines is 1. The predicted molar refractivity (Wildman–Crippen MR) is 101 cm³/mol. The molecule has 27 heavy (non-hydrogen) atoms. The molecule has 1 aromatic carbocycles. The lowest BCUT2D eigenvalue weighted by atomic mass is 9.78. The second kappa shape index (κ2) is 6.23. The number of H-pyrrole nitrogens is 1. The lowest BCUT2D eigenvalue weighted by Gasteiger charge is -2.43. The van der Waals surface area contributed by atoms with Gasteiger partial charge in [-0.25, -0.2) is 4.98 Å². The van der Waals surface area contributed by atoms with Crippen molar-refractivity contribution >= 4 is 28.5 Å². The lowest BCUT2D eigenvalue weighted by molar-refractivity contribution is 0.0511.